The standard InChI is InChI=1S/C17H16N2O3S/c1-9-10(2)23-17(14(9)15(18)20)19-16(21)12-7-11-5-3-4-6-13(11)22-8-12/h3-7H,8H2,1-2H3,(H2,18,20)(H,19,21). The molecule has 1 aliphatic heterocycles. The number of fused-ring (bicyclic) bond motifs is 1. The maximum Gasteiger partial charge on any atom is 0.255 e. The fourth-order valence-corrected chi connectivity index (χ4v) is 3.50. The average molecular weight is 328 g/mol. The van der Waals surface area contributed by atoms with Crippen LogP contribution in [0.25, 0.3) is 6.08 Å². The van der Waals surface area contributed by atoms with E-state index >= 15 is 0 Å². The summed E-state index contributed by atoms with van der Waals surface area (Å²) in [7, 11) is 0. The fraction of sp³-hybridized carbons (Fsp3) is 0.176. The van der Waals surface area contributed by atoms with Crippen LogP contribution in [0.5, 0.6) is 5.75 Å². The maximum atomic E-state index is 12.5. The molecule has 2 amide bonds. The second-order valence-electron chi connectivity index (χ2n) is 5.30. The third kappa shape index (κ3) is 2.85. The molecule has 1 aromatic carbocycles. The van der Waals surface area contributed by atoms with Crippen molar-refractivity contribution in [2.45, 2.75) is 13.8 Å². The highest BCUT2D eigenvalue weighted by Gasteiger charge is 2.22. The molecule has 0 unspecified atom stereocenters. The van der Waals surface area contributed by atoms with Gasteiger partial charge in [-0.1, -0.05) is 18.2 Å². The van der Waals surface area contributed by atoms with Crippen LogP contribution in [0, 0.1) is 13.8 Å². The van der Waals surface area contributed by atoms with Gasteiger partial charge in [0.1, 0.15) is 17.4 Å². The van der Waals surface area contributed by atoms with Gasteiger partial charge in [-0.2, -0.15) is 0 Å². The predicted octanol–water partition coefficient (Wildman–Crippen LogP) is 2.88. The lowest BCUT2D eigenvalue weighted by atomic mass is 10.1. The predicted molar refractivity (Wildman–Crippen MR) is 90.9 cm³/mol. The number of aryl methyl sites for hydroxylation is 1. The number of rotatable bonds is 3. The van der Waals surface area contributed by atoms with Crippen LogP contribution in [0.1, 0.15) is 26.4 Å². The van der Waals surface area contributed by atoms with Gasteiger partial charge in [-0.05, 0) is 31.6 Å². The van der Waals surface area contributed by atoms with E-state index in [1.54, 1.807) is 6.08 Å². The Morgan fingerprint density at radius 1 is 1.26 bits per heavy atom. The summed E-state index contributed by atoms with van der Waals surface area (Å²) in [6, 6.07) is 7.51. The number of ether oxygens (including phenoxy) is 1. The molecule has 0 atom stereocenters. The van der Waals surface area contributed by atoms with Gasteiger partial charge in [0.05, 0.1) is 11.1 Å². The van der Waals surface area contributed by atoms with Gasteiger partial charge in [-0.3, -0.25) is 9.59 Å². The quantitative estimate of drug-likeness (QED) is 0.909. The number of hydrogen-bond acceptors (Lipinski definition) is 4. The smallest absolute Gasteiger partial charge is 0.255 e. The number of hydrogen-bond donors (Lipinski definition) is 2. The molecule has 6 heteroatoms. The van der Waals surface area contributed by atoms with E-state index in [1.165, 1.54) is 11.3 Å². The minimum atomic E-state index is -0.540. The Bertz CT molecular complexity index is 836. The fourth-order valence-electron chi connectivity index (χ4n) is 2.44. The Hall–Kier alpha value is -2.60. The molecule has 3 rings (SSSR count). The SMILES string of the molecule is Cc1sc(NC(=O)C2=Cc3ccccc3OC2)c(C(N)=O)c1C. The molecule has 0 bridgehead atoms. The van der Waals surface area contributed by atoms with Gasteiger partial charge >= 0.3 is 0 Å². The van der Waals surface area contributed by atoms with E-state index in [9.17, 15) is 9.59 Å². The molecule has 1 aromatic heterocycles. The number of amides is 2. The number of thiophene rings is 1. The lowest BCUT2D eigenvalue weighted by Crippen LogP contribution is -2.22. The maximum absolute atomic E-state index is 12.5. The van der Waals surface area contributed by atoms with Crippen molar-refractivity contribution in [2.24, 2.45) is 5.73 Å². The lowest BCUT2D eigenvalue weighted by Gasteiger charge is -2.17. The number of carbonyl (C=O) groups excluding carboxylic acids is 2. The van der Waals surface area contributed by atoms with Crippen molar-refractivity contribution in [3.8, 4) is 5.75 Å². The summed E-state index contributed by atoms with van der Waals surface area (Å²) in [4.78, 5) is 25.0. The molecular weight excluding hydrogens is 312 g/mol. The number of nitrogens with two attached hydrogens (primary N) is 1. The summed E-state index contributed by atoms with van der Waals surface area (Å²) in [5.74, 6) is -0.0747. The average Bonchev–Trinajstić information content (AvgIpc) is 2.81. The molecule has 0 spiro atoms. The van der Waals surface area contributed by atoms with Crippen LogP contribution in [0.15, 0.2) is 29.8 Å². The topological polar surface area (TPSA) is 81.4 Å². The van der Waals surface area contributed by atoms with Crippen molar-refractivity contribution in [3.63, 3.8) is 0 Å². The van der Waals surface area contributed by atoms with Gasteiger partial charge in [0.2, 0.25) is 0 Å². The first kappa shape index (κ1) is 15.3. The monoisotopic (exact) mass is 328 g/mol. The van der Waals surface area contributed by atoms with Crippen molar-refractivity contribution < 1.29 is 14.3 Å². The van der Waals surface area contributed by atoms with E-state index in [-0.39, 0.29) is 12.5 Å². The molecule has 5 nitrogen and oxygen atoms in total. The molecule has 0 fully saturated rings. The number of nitrogens with one attached hydrogen (secondary N) is 1. The summed E-state index contributed by atoms with van der Waals surface area (Å²) in [6.45, 7) is 3.90. The van der Waals surface area contributed by atoms with E-state index in [4.69, 9.17) is 10.5 Å². The van der Waals surface area contributed by atoms with Crippen molar-refractivity contribution in [1.82, 2.24) is 0 Å². The molecule has 0 saturated heterocycles. The normalized spacial score (nSPS) is 12.9. The molecule has 0 saturated carbocycles. The lowest BCUT2D eigenvalue weighted by molar-refractivity contribution is -0.113. The third-order valence-corrected chi connectivity index (χ3v) is 4.91. The first-order valence-corrected chi connectivity index (χ1v) is 7.92. The zero-order chi connectivity index (χ0) is 16.6. The number of para-hydroxylation sites is 1. The van der Waals surface area contributed by atoms with Crippen molar-refractivity contribution in [2.75, 3.05) is 11.9 Å². The number of anilines is 1. The Kier molecular flexibility index (Phi) is 3.92. The molecular formula is C17H16N2O3S. The van der Waals surface area contributed by atoms with Crippen molar-refractivity contribution >= 4 is 34.2 Å². The minimum absolute atomic E-state index is 0.193. The molecule has 23 heavy (non-hydrogen) atoms. The Morgan fingerprint density at radius 3 is 2.74 bits per heavy atom. The highest BCUT2D eigenvalue weighted by atomic mass is 32.1. The molecule has 3 N–H and O–H groups in total. The molecule has 0 aliphatic carbocycles. The first-order chi connectivity index (χ1) is 11.0. The Labute approximate surface area is 137 Å². The number of benzene rings is 1. The zero-order valence-corrected chi connectivity index (χ0v) is 13.6. The van der Waals surface area contributed by atoms with Crippen molar-refractivity contribution in [1.29, 1.82) is 0 Å². The minimum Gasteiger partial charge on any atom is -0.488 e. The van der Waals surface area contributed by atoms with Gasteiger partial charge in [0.15, 0.2) is 0 Å². The first-order valence-electron chi connectivity index (χ1n) is 7.11. The molecule has 2 aromatic rings. The second-order valence-corrected chi connectivity index (χ2v) is 6.53. The van der Waals surface area contributed by atoms with Gasteiger partial charge in [0.25, 0.3) is 11.8 Å². The van der Waals surface area contributed by atoms with Gasteiger partial charge in [-0.25, -0.2) is 0 Å². The molecule has 118 valence electrons. The second kappa shape index (κ2) is 5.89. The van der Waals surface area contributed by atoms with Crippen LogP contribution in [-0.2, 0) is 4.79 Å². The summed E-state index contributed by atoms with van der Waals surface area (Å²) >= 11 is 1.35. The molecule has 1 aliphatic rings. The van der Waals surface area contributed by atoms with Crippen LogP contribution in [0.4, 0.5) is 5.00 Å². The Balaban J connectivity index is 1.88. The number of carbonyl (C=O) groups is 2. The highest BCUT2D eigenvalue weighted by molar-refractivity contribution is 7.16. The van der Waals surface area contributed by atoms with Gasteiger partial charge in [0, 0.05) is 10.4 Å². The van der Waals surface area contributed by atoms with Crippen molar-refractivity contribution in [3.05, 3.63) is 51.4 Å². The van der Waals surface area contributed by atoms with Crippen LogP contribution in [0.3, 0.4) is 0 Å². The molecule has 2 heterocycles. The zero-order valence-electron chi connectivity index (χ0n) is 12.8. The van der Waals surface area contributed by atoms with Crippen LogP contribution in [-0.4, -0.2) is 18.4 Å². The highest BCUT2D eigenvalue weighted by Crippen LogP contribution is 2.33. The molecule has 0 radical (unpaired) electrons. The largest absolute Gasteiger partial charge is 0.488 e. The summed E-state index contributed by atoms with van der Waals surface area (Å²) in [6.07, 6.45) is 1.80. The van der Waals surface area contributed by atoms with E-state index < -0.39 is 5.91 Å². The summed E-state index contributed by atoms with van der Waals surface area (Å²) in [5.41, 5.74) is 7.96. The number of primary amides is 1. The van der Waals surface area contributed by atoms with E-state index in [1.807, 2.05) is 38.1 Å². The van der Waals surface area contributed by atoms with E-state index in [0.717, 1.165) is 21.8 Å². The van der Waals surface area contributed by atoms with Gasteiger partial charge in [-0.15, -0.1) is 11.3 Å². The Morgan fingerprint density at radius 2 is 2.00 bits per heavy atom. The van der Waals surface area contributed by atoms with Crippen LogP contribution in [0.2, 0.25) is 0 Å². The third-order valence-electron chi connectivity index (χ3n) is 3.78. The van der Waals surface area contributed by atoms with Crippen LogP contribution >= 0.6 is 11.3 Å². The van der Waals surface area contributed by atoms with Gasteiger partial charge < -0.3 is 15.8 Å². The van der Waals surface area contributed by atoms with E-state index in [0.29, 0.717) is 16.1 Å². The summed E-state index contributed by atoms with van der Waals surface area (Å²) in [5, 5.41) is 3.27. The van der Waals surface area contributed by atoms with E-state index in [2.05, 4.69) is 5.32 Å². The summed E-state index contributed by atoms with van der Waals surface area (Å²) < 4.78 is 5.58. The van der Waals surface area contributed by atoms with Crippen LogP contribution < -0.4 is 15.8 Å².